The van der Waals surface area contributed by atoms with E-state index in [2.05, 4.69) is 265 Å². The topological polar surface area (TPSA) is 60.7 Å². The van der Waals surface area contributed by atoms with Crippen LogP contribution in [0.15, 0.2) is 36.4 Å². The van der Waals surface area contributed by atoms with E-state index in [1.807, 2.05) is 0 Å². The van der Waals surface area contributed by atoms with Crippen LogP contribution in [0.2, 0.25) is 0 Å². The SMILES string of the molecule is CCCc1c(Cc2cc(C(C)(C)CC(C)(C)C)c(O)c(C(C)(C)CC(C)(C)C)c2)c(CCC)c(Cc2cc(C(C)(C)CC(C)(C)C)c(O)c(C(C)(C)CC(C)(C)C)c2)c(CCC)c1Cc1cc(C(C)(C)CC(C)(C)C)c(O)c(C(C)(C)CC(C)(C)C)c1. The summed E-state index contributed by atoms with van der Waals surface area (Å²) >= 11 is 0. The Morgan fingerprint density at radius 1 is 0.230 bits per heavy atom. The standard InChI is InChI=1S/C84H138O3/c1-34-37-58-61(40-55-43-64(79(22,23)49-73(4,5)6)70(85)65(44-55)80(24,25)50-74(7,8)9)59(38-35-2)63(42-57-47-68(83(30,31)53-77(16,17)18)72(87)69(48-57)84(32,33)54-78(19,20)21)60(39-36-3)62(58)41-56-45-66(81(26,27)51-75(10,11)12)71(86)67(46-56)82(28,29)52-76(13,14)15/h43-48,85-87H,34-42,49-54H2,1-33H3. The Hall–Kier alpha value is -3.72. The van der Waals surface area contributed by atoms with Gasteiger partial charge in [0, 0.05) is 33.4 Å². The van der Waals surface area contributed by atoms with Crippen LogP contribution in [0, 0.1) is 32.5 Å². The largest absolute Gasteiger partial charge is 0.507 e. The van der Waals surface area contributed by atoms with Gasteiger partial charge in [-0.05, 0) is 192 Å². The third-order valence-electron chi connectivity index (χ3n) is 18.5. The van der Waals surface area contributed by atoms with Crippen molar-refractivity contribution in [2.45, 2.75) is 357 Å². The molecule has 0 aliphatic heterocycles. The summed E-state index contributed by atoms with van der Waals surface area (Å²) in [5, 5.41) is 38.7. The molecule has 0 saturated carbocycles. The average Bonchev–Trinajstić information content (AvgIpc) is 0.926. The zero-order valence-corrected chi connectivity index (χ0v) is 63.4. The molecule has 0 amide bonds. The van der Waals surface area contributed by atoms with Gasteiger partial charge in [0.25, 0.3) is 0 Å². The van der Waals surface area contributed by atoms with Crippen LogP contribution in [0.25, 0.3) is 0 Å². The minimum Gasteiger partial charge on any atom is -0.507 e. The summed E-state index contributed by atoms with van der Waals surface area (Å²) in [4.78, 5) is 0. The smallest absolute Gasteiger partial charge is 0.123 e. The van der Waals surface area contributed by atoms with Crippen molar-refractivity contribution in [1.82, 2.24) is 0 Å². The van der Waals surface area contributed by atoms with E-state index in [4.69, 9.17) is 0 Å². The Kier molecular flexibility index (Phi) is 23.1. The van der Waals surface area contributed by atoms with Gasteiger partial charge in [-0.2, -0.15) is 0 Å². The summed E-state index contributed by atoms with van der Waals surface area (Å²) in [5.74, 6) is 1.40. The third kappa shape index (κ3) is 20.4. The summed E-state index contributed by atoms with van der Waals surface area (Å²) in [6.45, 7) is 77.5. The summed E-state index contributed by atoms with van der Waals surface area (Å²) < 4.78 is 0. The van der Waals surface area contributed by atoms with Gasteiger partial charge in [0.15, 0.2) is 0 Å². The van der Waals surface area contributed by atoms with Crippen LogP contribution in [0.1, 0.15) is 370 Å². The fraction of sp³-hybridized carbons (Fsp3) is 0.714. The van der Waals surface area contributed by atoms with Crippen LogP contribution in [0.4, 0.5) is 0 Å². The normalized spacial score (nSPS) is 14.2. The maximum Gasteiger partial charge on any atom is 0.123 e. The van der Waals surface area contributed by atoms with Crippen LogP contribution in [0.3, 0.4) is 0 Å². The minimum absolute atomic E-state index is 0.0459. The number of phenols is 3. The molecule has 0 unspecified atom stereocenters. The van der Waals surface area contributed by atoms with Crippen molar-refractivity contribution >= 4 is 0 Å². The molecule has 0 aromatic heterocycles. The molecule has 87 heavy (non-hydrogen) atoms. The minimum atomic E-state index is -0.295. The molecule has 4 aromatic carbocycles. The monoisotopic (exact) mass is 1200 g/mol. The Morgan fingerprint density at radius 3 is 0.483 bits per heavy atom. The van der Waals surface area contributed by atoms with E-state index >= 15 is 0 Å². The molecule has 0 aliphatic carbocycles. The second-order valence-electron chi connectivity index (χ2n) is 39.5. The van der Waals surface area contributed by atoms with Crippen molar-refractivity contribution in [3.8, 4) is 17.2 Å². The third-order valence-corrected chi connectivity index (χ3v) is 18.5. The quantitative estimate of drug-likeness (QED) is 0.0655. The van der Waals surface area contributed by atoms with Gasteiger partial charge in [0.1, 0.15) is 17.2 Å². The van der Waals surface area contributed by atoms with Crippen LogP contribution in [-0.2, 0) is 71.0 Å². The molecule has 3 N–H and O–H groups in total. The summed E-state index contributed by atoms with van der Waals surface area (Å²) in [6.07, 6.45) is 13.8. The van der Waals surface area contributed by atoms with Gasteiger partial charge in [-0.15, -0.1) is 0 Å². The van der Waals surface area contributed by atoms with E-state index in [1.54, 1.807) is 0 Å². The molecular formula is C84H138O3. The van der Waals surface area contributed by atoms with Gasteiger partial charge in [-0.25, -0.2) is 0 Å². The van der Waals surface area contributed by atoms with Gasteiger partial charge >= 0.3 is 0 Å². The van der Waals surface area contributed by atoms with Crippen molar-refractivity contribution in [2.75, 3.05) is 0 Å². The predicted octanol–water partition coefficient (Wildman–Crippen LogP) is 24.7. The average molecular weight is 1200 g/mol. The Balaban J connectivity index is 2.45. The maximum atomic E-state index is 12.9. The molecule has 0 bridgehead atoms. The van der Waals surface area contributed by atoms with E-state index in [9.17, 15) is 15.3 Å². The van der Waals surface area contributed by atoms with E-state index in [0.29, 0.717) is 17.2 Å². The van der Waals surface area contributed by atoms with E-state index in [0.717, 1.165) is 130 Å². The van der Waals surface area contributed by atoms with Crippen LogP contribution in [-0.4, -0.2) is 15.3 Å². The lowest BCUT2D eigenvalue weighted by atomic mass is 9.67. The van der Waals surface area contributed by atoms with Gasteiger partial charge in [-0.1, -0.05) is 284 Å². The molecule has 0 saturated heterocycles. The molecule has 0 radical (unpaired) electrons. The first-order chi connectivity index (χ1) is 38.9. The second kappa shape index (κ2) is 26.5. The van der Waals surface area contributed by atoms with E-state index in [-0.39, 0.29) is 65.0 Å². The van der Waals surface area contributed by atoms with Gasteiger partial charge in [-0.3, -0.25) is 0 Å². The van der Waals surface area contributed by atoms with Crippen molar-refractivity contribution in [3.63, 3.8) is 0 Å². The fourth-order valence-electron chi connectivity index (χ4n) is 18.0. The number of hydrogen-bond acceptors (Lipinski definition) is 3. The molecule has 0 atom stereocenters. The summed E-state index contributed by atoms with van der Waals surface area (Å²) in [6, 6.07) is 14.5. The molecule has 3 heteroatoms. The first-order valence-corrected chi connectivity index (χ1v) is 34.7. The first kappa shape index (κ1) is 75.7. The highest BCUT2D eigenvalue weighted by atomic mass is 16.3. The Labute approximate surface area is 539 Å². The van der Waals surface area contributed by atoms with E-state index < -0.39 is 0 Å². The van der Waals surface area contributed by atoms with E-state index in [1.165, 1.54) is 50.1 Å². The molecule has 4 aromatic rings. The highest BCUT2D eigenvalue weighted by Gasteiger charge is 2.40. The molecule has 0 spiro atoms. The second-order valence-corrected chi connectivity index (χ2v) is 39.5. The predicted molar refractivity (Wildman–Crippen MR) is 384 cm³/mol. The number of hydrogen-bond donors (Lipinski definition) is 3. The fourth-order valence-corrected chi connectivity index (χ4v) is 18.0. The van der Waals surface area contributed by atoms with Crippen LogP contribution >= 0.6 is 0 Å². The molecular weight excluding hydrogens is 1060 g/mol. The zero-order valence-electron chi connectivity index (χ0n) is 63.4. The number of benzene rings is 4. The van der Waals surface area contributed by atoms with Crippen molar-refractivity contribution in [2.24, 2.45) is 32.5 Å². The Bertz CT molecular complexity index is 2490. The van der Waals surface area contributed by atoms with Crippen molar-refractivity contribution < 1.29 is 15.3 Å². The lowest BCUT2D eigenvalue weighted by Crippen LogP contribution is -2.28. The summed E-state index contributed by atoms with van der Waals surface area (Å²) in [7, 11) is 0. The van der Waals surface area contributed by atoms with Crippen molar-refractivity contribution in [3.05, 3.63) is 120 Å². The van der Waals surface area contributed by atoms with Gasteiger partial charge in [0.05, 0.1) is 0 Å². The molecule has 0 aliphatic rings. The number of aromatic hydroxyl groups is 3. The highest BCUT2D eigenvalue weighted by Crippen LogP contribution is 2.52. The summed E-state index contributed by atoms with van der Waals surface area (Å²) in [5.41, 5.74) is 17.6. The highest BCUT2D eigenvalue weighted by molar-refractivity contribution is 5.61. The van der Waals surface area contributed by atoms with Crippen LogP contribution < -0.4 is 0 Å². The van der Waals surface area contributed by atoms with Crippen molar-refractivity contribution in [1.29, 1.82) is 0 Å². The lowest BCUT2D eigenvalue weighted by Gasteiger charge is -2.38. The number of rotatable bonds is 24. The molecule has 0 heterocycles. The first-order valence-electron chi connectivity index (χ1n) is 34.7. The van der Waals surface area contributed by atoms with Gasteiger partial charge in [0.2, 0.25) is 0 Å². The molecule has 492 valence electrons. The lowest BCUT2D eigenvalue weighted by molar-refractivity contribution is 0.266. The molecule has 4 rings (SSSR count). The van der Waals surface area contributed by atoms with Crippen LogP contribution in [0.5, 0.6) is 17.2 Å². The molecule has 0 fully saturated rings. The number of phenolic OH excluding ortho intramolecular Hbond substituents is 3. The maximum absolute atomic E-state index is 12.9. The Morgan fingerprint density at radius 2 is 0.368 bits per heavy atom. The molecule has 3 nitrogen and oxygen atoms in total. The zero-order chi connectivity index (χ0) is 67.2. The van der Waals surface area contributed by atoms with Gasteiger partial charge < -0.3 is 15.3 Å².